The van der Waals surface area contributed by atoms with E-state index < -0.39 is 35.9 Å². The van der Waals surface area contributed by atoms with Gasteiger partial charge in [0.15, 0.2) is 0 Å². The molecule has 0 saturated heterocycles. The maximum absolute atomic E-state index is 12.6. The number of carbonyl (C=O) groups excluding carboxylic acids is 2. The molecule has 0 spiro atoms. The molecule has 0 atom stereocenters. The van der Waals surface area contributed by atoms with Crippen molar-refractivity contribution in [1.29, 1.82) is 0 Å². The largest absolute Gasteiger partial charge is 0.326 e. The zero-order valence-corrected chi connectivity index (χ0v) is 34.3. The molecule has 4 N–H and O–H groups in total. The summed E-state index contributed by atoms with van der Waals surface area (Å²) in [5.74, 6) is 32.8. The van der Waals surface area contributed by atoms with Gasteiger partial charge in [-0.05, 0) is 120 Å². The van der Waals surface area contributed by atoms with Gasteiger partial charge in [0.25, 0.3) is 20.2 Å². The van der Waals surface area contributed by atoms with Crippen LogP contribution in [0.4, 0.5) is 11.4 Å². The van der Waals surface area contributed by atoms with Crippen molar-refractivity contribution in [3.05, 3.63) is 47.5 Å². The van der Waals surface area contributed by atoms with Crippen LogP contribution in [0, 0.1) is 82.9 Å². The van der Waals surface area contributed by atoms with Crippen molar-refractivity contribution in [2.45, 2.75) is 114 Å². The minimum atomic E-state index is -4.84. The van der Waals surface area contributed by atoms with Gasteiger partial charge in [-0.15, -0.1) is 0 Å². The Labute approximate surface area is 344 Å². The summed E-state index contributed by atoms with van der Waals surface area (Å²) in [6, 6.07) is 7.45. The van der Waals surface area contributed by atoms with E-state index in [0.29, 0.717) is 6.42 Å². The lowest BCUT2D eigenvalue weighted by Gasteiger charge is -2.10. The molecule has 58 heavy (non-hydrogen) atoms. The van der Waals surface area contributed by atoms with Gasteiger partial charge in [-0.3, -0.25) is 18.7 Å². The SMILES string of the molecule is CC#CC#CC#CC#CC#CC#CC#CC(=O)Nc1ccc(C=Cc2ccc(NC(=O)CCCCCCCCCCCCCCC)cc2S(=O)(=O)O)c(S(=O)(=O)O)c1. The summed E-state index contributed by atoms with van der Waals surface area (Å²) in [6.07, 6.45) is 18.0. The van der Waals surface area contributed by atoms with E-state index in [1.54, 1.807) is 6.92 Å². The third kappa shape index (κ3) is 21.2. The third-order valence-electron chi connectivity index (χ3n) is 8.06. The topological polar surface area (TPSA) is 167 Å². The maximum atomic E-state index is 12.6. The van der Waals surface area contributed by atoms with E-state index in [4.69, 9.17) is 0 Å². The van der Waals surface area contributed by atoms with Gasteiger partial charge >= 0.3 is 5.91 Å². The van der Waals surface area contributed by atoms with Crippen LogP contribution in [-0.2, 0) is 29.8 Å². The van der Waals surface area contributed by atoms with E-state index in [0.717, 1.165) is 31.4 Å². The lowest BCUT2D eigenvalue weighted by atomic mass is 10.0. The molecule has 0 aromatic heterocycles. The van der Waals surface area contributed by atoms with Crippen molar-refractivity contribution in [3.8, 4) is 82.9 Å². The second kappa shape index (κ2) is 27.5. The van der Waals surface area contributed by atoms with Crippen LogP contribution in [0.3, 0.4) is 0 Å². The van der Waals surface area contributed by atoms with E-state index in [2.05, 4.69) is 100 Å². The Balaban J connectivity index is 2.00. The summed E-state index contributed by atoms with van der Waals surface area (Å²) >= 11 is 0. The quantitative estimate of drug-likeness (QED) is 0.0456. The Morgan fingerprint density at radius 2 is 0.931 bits per heavy atom. The monoisotopic (exact) mass is 818 g/mol. The minimum Gasteiger partial charge on any atom is -0.326 e. The van der Waals surface area contributed by atoms with Gasteiger partial charge in [-0.1, -0.05) is 114 Å². The fourth-order valence-electron chi connectivity index (χ4n) is 5.28. The lowest BCUT2D eigenvalue weighted by Crippen LogP contribution is -2.12. The molecular weight excluding hydrogens is 773 g/mol. The number of rotatable bonds is 20. The Morgan fingerprint density at radius 3 is 1.34 bits per heavy atom. The standard InChI is InChI=1S/C46H46N2O8S2/c1-3-5-7-9-11-13-15-17-19-21-23-25-27-29-45(49)47-41-35-33-39(43(37-41)57(51,52)53)31-32-40-34-36-42(38-44(40)58(54,55)56)48-46(50)30-28-26-24-22-20-18-16-14-12-10-8-6-4-2/h31-38H,3,5,7,9,11,13,15,17,19,21,23,25,27,29H2,1-2H3,(H,47,49)(H,48,50)(H,51,52,53)(H,54,55,56). The predicted molar refractivity (Wildman–Crippen MR) is 229 cm³/mol. The second-order valence-corrected chi connectivity index (χ2v) is 15.4. The fourth-order valence-corrected chi connectivity index (χ4v) is 6.70. The van der Waals surface area contributed by atoms with Gasteiger partial charge < -0.3 is 10.6 Å². The molecule has 2 aromatic carbocycles. The van der Waals surface area contributed by atoms with Crippen LogP contribution in [0.2, 0.25) is 0 Å². The number of amides is 2. The Morgan fingerprint density at radius 1 is 0.552 bits per heavy atom. The van der Waals surface area contributed by atoms with Gasteiger partial charge in [0, 0.05) is 23.7 Å². The van der Waals surface area contributed by atoms with Crippen LogP contribution in [0.25, 0.3) is 12.2 Å². The molecule has 0 radical (unpaired) electrons. The van der Waals surface area contributed by atoms with Crippen LogP contribution in [0.1, 0.15) is 115 Å². The molecule has 0 saturated carbocycles. The Hall–Kier alpha value is -6.14. The Bertz CT molecular complexity index is 2470. The number of nitrogens with one attached hydrogen (secondary N) is 2. The van der Waals surface area contributed by atoms with E-state index in [1.807, 2.05) is 0 Å². The normalized spacial score (nSPS) is 10.1. The molecule has 10 nitrogen and oxygen atoms in total. The maximum Gasteiger partial charge on any atom is 0.301 e. The lowest BCUT2D eigenvalue weighted by molar-refractivity contribution is -0.116. The van der Waals surface area contributed by atoms with E-state index >= 15 is 0 Å². The molecule has 0 aliphatic rings. The summed E-state index contributed by atoms with van der Waals surface area (Å²) in [4.78, 5) is 23.7. The van der Waals surface area contributed by atoms with Crippen molar-refractivity contribution in [2.75, 3.05) is 10.6 Å². The predicted octanol–water partition coefficient (Wildman–Crippen LogP) is 7.75. The van der Waals surface area contributed by atoms with Gasteiger partial charge in [0.2, 0.25) is 5.91 Å². The van der Waals surface area contributed by atoms with Crippen LogP contribution in [0.5, 0.6) is 0 Å². The summed E-state index contributed by atoms with van der Waals surface area (Å²) in [6.45, 7) is 3.87. The third-order valence-corrected chi connectivity index (χ3v) is 9.88. The molecule has 0 heterocycles. The molecule has 0 fully saturated rings. The van der Waals surface area contributed by atoms with Crippen molar-refractivity contribution in [3.63, 3.8) is 0 Å². The molecule has 12 heteroatoms. The van der Waals surface area contributed by atoms with Crippen LogP contribution >= 0.6 is 0 Å². The number of benzene rings is 2. The smallest absolute Gasteiger partial charge is 0.301 e. The van der Waals surface area contributed by atoms with E-state index in [1.165, 1.54) is 94.2 Å². The van der Waals surface area contributed by atoms with Gasteiger partial charge in [-0.2, -0.15) is 16.8 Å². The van der Waals surface area contributed by atoms with E-state index in [-0.39, 0.29) is 34.8 Å². The molecule has 300 valence electrons. The molecule has 0 bridgehead atoms. The fraction of sp³-hybridized carbons (Fsp3) is 0.348. The molecule has 2 aromatic rings. The summed E-state index contributed by atoms with van der Waals surface area (Å²) in [5, 5.41) is 5.03. The number of anilines is 2. The van der Waals surface area contributed by atoms with Crippen molar-refractivity contribution in [1.82, 2.24) is 0 Å². The highest BCUT2D eigenvalue weighted by molar-refractivity contribution is 7.86. The number of carbonyl (C=O) groups is 2. The minimum absolute atomic E-state index is 0.0270. The molecule has 0 unspecified atom stereocenters. The zero-order valence-electron chi connectivity index (χ0n) is 32.7. The number of hydrogen-bond acceptors (Lipinski definition) is 6. The molecule has 0 aliphatic heterocycles. The highest BCUT2D eigenvalue weighted by Gasteiger charge is 2.18. The van der Waals surface area contributed by atoms with Gasteiger partial charge in [0.1, 0.15) is 9.79 Å². The van der Waals surface area contributed by atoms with Crippen LogP contribution < -0.4 is 10.6 Å². The highest BCUT2D eigenvalue weighted by atomic mass is 32.2. The first-order valence-electron chi connectivity index (χ1n) is 18.8. The average Bonchev–Trinajstić information content (AvgIpc) is 3.17. The van der Waals surface area contributed by atoms with Crippen molar-refractivity contribution in [2.24, 2.45) is 0 Å². The first-order valence-corrected chi connectivity index (χ1v) is 21.7. The van der Waals surface area contributed by atoms with E-state index in [9.17, 15) is 35.5 Å². The highest BCUT2D eigenvalue weighted by Crippen LogP contribution is 2.26. The van der Waals surface area contributed by atoms with Crippen molar-refractivity contribution < 1.29 is 35.5 Å². The molecular formula is C46H46N2O8S2. The first kappa shape index (κ1) is 48.0. The van der Waals surface area contributed by atoms with Crippen molar-refractivity contribution >= 4 is 55.6 Å². The van der Waals surface area contributed by atoms with Gasteiger partial charge in [-0.25, -0.2) is 0 Å². The summed E-state index contributed by atoms with van der Waals surface area (Å²) < 4.78 is 68.9. The average molecular weight is 819 g/mol. The van der Waals surface area contributed by atoms with Crippen LogP contribution in [0.15, 0.2) is 46.2 Å². The Kier molecular flexibility index (Phi) is 22.7. The second-order valence-electron chi connectivity index (χ2n) is 12.7. The van der Waals surface area contributed by atoms with Crippen LogP contribution in [-0.4, -0.2) is 37.8 Å². The summed E-state index contributed by atoms with van der Waals surface area (Å²) in [5.41, 5.74) is 0.0275. The number of hydrogen-bond donors (Lipinski definition) is 4. The molecule has 0 aliphatic carbocycles. The summed E-state index contributed by atoms with van der Waals surface area (Å²) in [7, 11) is -9.62. The number of unbranched alkanes of at least 4 members (excludes halogenated alkanes) is 12. The molecule has 2 amide bonds. The molecule has 2 rings (SSSR count). The van der Waals surface area contributed by atoms with Gasteiger partial charge in [0.05, 0.1) is 0 Å². The zero-order chi connectivity index (χ0) is 42.5. The first-order chi connectivity index (χ1) is 27.8.